The lowest BCUT2D eigenvalue weighted by molar-refractivity contribution is 0.0602. The average Bonchev–Trinajstić information content (AvgIpc) is 2.28. The molecule has 0 radical (unpaired) electrons. The van der Waals surface area contributed by atoms with Gasteiger partial charge in [0.25, 0.3) is 10.0 Å². The van der Waals surface area contributed by atoms with Crippen molar-refractivity contribution in [3.05, 3.63) is 29.8 Å². The van der Waals surface area contributed by atoms with Gasteiger partial charge < -0.3 is 9.47 Å². The van der Waals surface area contributed by atoms with Crippen LogP contribution in [0.1, 0.15) is 10.4 Å². The Kier molecular flexibility index (Phi) is 4.47. The van der Waals surface area contributed by atoms with Gasteiger partial charge in [0, 0.05) is 7.11 Å². The molecule has 0 bridgehead atoms. The summed E-state index contributed by atoms with van der Waals surface area (Å²) in [7, 11) is -1.13. The molecule has 0 saturated heterocycles. The van der Waals surface area contributed by atoms with Gasteiger partial charge in [-0.2, -0.15) is 0 Å². The van der Waals surface area contributed by atoms with Gasteiger partial charge in [-0.05, 0) is 12.1 Å². The maximum absolute atomic E-state index is 11.5. The van der Waals surface area contributed by atoms with Gasteiger partial charge in [-0.3, -0.25) is 4.72 Å². The second kappa shape index (κ2) is 5.65. The molecule has 1 rings (SSSR count). The van der Waals surface area contributed by atoms with Gasteiger partial charge >= 0.3 is 5.97 Å². The molecular weight excluding hydrogens is 246 g/mol. The fourth-order valence-corrected chi connectivity index (χ4v) is 2.09. The predicted molar refractivity (Wildman–Crippen MR) is 62.2 cm³/mol. The average molecular weight is 259 g/mol. The normalized spacial score (nSPS) is 10.9. The molecule has 0 saturated carbocycles. The Hall–Kier alpha value is -1.60. The molecule has 0 unspecified atom stereocenters. The first-order valence-corrected chi connectivity index (χ1v) is 6.32. The lowest BCUT2D eigenvalue weighted by Gasteiger charge is -2.10. The Balaban J connectivity index is 3.03. The SMILES string of the molecule is COCS(=O)(=O)Nc1ccccc1C(=O)OC. The van der Waals surface area contributed by atoms with E-state index in [0.29, 0.717) is 0 Å². The number of esters is 1. The smallest absolute Gasteiger partial charge is 0.339 e. The number of carbonyl (C=O) groups is 1. The zero-order chi connectivity index (χ0) is 12.9. The van der Waals surface area contributed by atoms with E-state index >= 15 is 0 Å². The van der Waals surface area contributed by atoms with Gasteiger partial charge in [0.05, 0.1) is 18.4 Å². The molecule has 0 spiro atoms. The van der Waals surface area contributed by atoms with Gasteiger partial charge in [0.15, 0.2) is 5.94 Å². The summed E-state index contributed by atoms with van der Waals surface area (Å²) >= 11 is 0. The Morgan fingerprint density at radius 1 is 1.29 bits per heavy atom. The summed E-state index contributed by atoms with van der Waals surface area (Å²) in [5.41, 5.74) is 0.311. The number of rotatable bonds is 5. The lowest BCUT2D eigenvalue weighted by atomic mass is 10.2. The highest BCUT2D eigenvalue weighted by Crippen LogP contribution is 2.17. The summed E-state index contributed by atoms with van der Waals surface area (Å²) in [6.07, 6.45) is 0. The Labute approximate surface area is 99.6 Å². The number of carbonyl (C=O) groups excluding carboxylic acids is 1. The number of sulfonamides is 1. The van der Waals surface area contributed by atoms with Crippen molar-refractivity contribution in [2.24, 2.45) is 0 Å². The number of hydrogen-bond acceptors (Lipinski definition) is 5. The maximum Gasteiger partial charge on any atom is 0.339 e. The molecule has 1 aromatic rings. The van der Waals surface area contributed by atoms with Crippen LogP contribution >= 0.6 is 0 Å². The van der Waals surface area contributed by atoms with Crippen LogP contribution < -0.4 is 4.72 Å². The zero-order valence-corrected chi connectivity index (χ0v) is 10.3. The van der Waals surface area contributed by atoms with Crippen LogP contribution in [0.15, 0.2) is 24.3 Å². The molecule has 0 aliphatic carbocycles. The number of methoxy groups -OCH3 is 2. The van der Waals surface area contributed by atoms with Crippen molar-refractivity contribution >= 4 is 21.7 Å². The monoisotopic (exact) mass is 259 g/mol. The van der Waals surface area contributed by atoms with Crippen molar-refractivity contribution in [3.63, 3.8) is 0 Å². The minimum Gasteiger partial charge on any atom is -0.465 e. The van der Waals surface area contributed by atoms with Crippen LogP contribution in [-0.2, 0) is 19.5 Å². The Morgan fingerprint density at radius 3 is 2.53 bits per heavy atom. The largest absolute Gasteiger partial charge is 0.465 e. The fraction of sp³-hybridized carbons (Fsp3) is 0.300. The number of ether oxygens (including phenoxy) is 2. The van der Waals surface area contributed by atoms with Crippen molar-refractivity contribution in [2.75, 3.05) is 24.9 Å². The molecule has 6 nitrogen and oxygen atoms in total. The van der Waals surface area contributed by atoms with Crippen LogP contribution in [0.4, 0.5) is 5.69 Å². The summed E-state index contributed by atoms with van der Waals surface area (Å²) in [4.78, 5) is 11.4. The summed E-state index contributed by atoms with van der Waals surface area (Å²) in [5, 5.41) is 0. The number of benzene rings is 1. The number of hydrogen-bond donors (Lipinski definition) is 1. The van der Waals surface area contributed by atoms with Crippen molar-refractivity contribution in [3.8, 4) is 0 Å². The molecule has 0 fully saturated rings. The maximum atomic E-state index is 11.5. The molecule has 0 atom stereocenters. The standard InChI is InChI=1S/C10H13NO5S/c1-15-7-17(13,14)11-9-6-4-3-5-8(9)10(12)16-2/h3-6,11H,7H2,1-2H3. The number of anilines is 1. The minimum atomic E-state index is -3.63. The van der Waals surface area contributed by atoms with Crippen molar-refractivity contribution < 1.29 is 22.7 Å². The van der Waals surface area contributed by atoms with Crippen molar-refractivity contribution in [1.29, 1.82) is 0 Å². The highest BCUT2D eigenvalue weighted by Gasteiger charge is 2.16. The van der Waals surface area contributed by atoms with Crippen LogP contribution in [-0.4, -0.2) is 34.5 Å². The molecule has 0 aliphatic heterocycles. The molecule has 0 aromatic heterocycles. The predicted octanol–water partition coefficient (Wildman–Crippen LogP) is 0.819. The quantitative estimate of drug-likeness (QED) is 0.792. The van der Waals surface area contributed by atoms with Gasteiger partial charge in [-0.1, -0.05) is 12.1 Å². The minimum absolute atomic E-state index is 0.148. The third-order valence-corrected chi connectivity index (χ3v) is 2.95. The first-order chi connectivity index (χ1) is 8.00. The van der Waals surface area contributed by atoms with E-state index in [4.69, 9.17) is 0 Å². The fourth-order valence-electron chi connectivity index (χ4n) is 1.21. The molecular formula is C10H13NO5S. The zero-order valence-electron chi connectivity index (χ0n) is 9.47. The molecule has 1 N–H and O–H groups in total. The second-order valence-electron chi connectivity index (χ2n) is 3.16. The van der Waals surface area contributed by atoms with Crippen molar-refractivity contribution in [1.82, 2.24) is 0 Å². The molecule has 1 aromatic carbocycles. The van der Waals surface area contributed by atoms with Gasteiger partial charge in [-0.25, -0.2) is 13.2 Å². The van der Waals surface area contributed by atoms with E-state index in [1.807, 2.05) is 0 Å². The number of nitrogens with one attached hydrogen (secondary N) is 1. The van der Waals surface area contributed by atoms with Crippen LogP contribution in [0.25, 0.3) is 0 Å². The van der Waals surface area contributed by atoms with E-state index in [2.05, 4.69) is 14.2 Å². The topological polar surface area (TPSA) is 81.7 Å². The lowest BCUT2D eigenvalue weighted by Crippen LogP contribution is -2.19. The Bertz CT molecular complexity index is 497. The van der Waals surface area contributed by atoms with Gasteiger partial charge in [0.1, 0.15) is 0 Å². The van der Waals surface area contributed by atoms with Crippen LogP contribution in [0.2, 0.25) is 0 Å². The third-order valence-electron chi connectivity index (χ3n) is 1.87. The summed E-state index contributed by atoms with van der Waals surface area (Å²) in [6, 6.07) is 6.16. The molecule has 7 heteroatoms. The van der Waals surface area contributed by atoms with E-state index in [1.165, 1.54) is 26.4 Å². The summed E-state index contributed by atoms with van der Waals surface area (Å²) < 4.78 is 34.3. The second-order valence-corrected chi connectivity index (χ2v) is 4.83. The highest BCUT2D eigenvalue weighted by molar-refractivity contribution is 7.92. The molecule has 0 amide bonds. The van der Waals surface area contributed by atoms with Gasteiger partial charge in [0.2, 0.25) is 0 Å². The first-order valence-electron chi connectivity index (χ1n) is 4.67. The Morgan fingerprint density at radius 2 is 1.94 bits per heavy atom. The third kappa shape index (κ3) is 3.72. The van der Waals surface area contributed by atoms with E-state index < -0.39 is 21.9 Å². The van der Waals surface area contributed by atoms with Crippen LogP contribution in [0.3, 0.4) is 0 Å². The molecule has 0 heterocycles. The molecule has 0 aliphatic rings. The van der Waals surface area contributed by atoms with Crippen molar-refractivity contribution in [2.45, 2.75) is 0 Å². The molecule has 94 valence electrons. The highest BCUT2D eigenvalue weighted by atomic mass is 32.2. The number of para-hydroxylation sites is 1. The van der Waals surface area contributed by atoms with Crippen LogP contribution in [0.5, 0.6) is 0 Å². The van der Waals surface area contributed by atoms with E-state index in [-0.39, 0.29) is 11.3 Å². The summed E-state index contributed by atoms with van der Waals surface area (Å²) in [6.45, 7) is 0. The van der Waals surface area contributed by atoms with E-state index in [0.717, 1.165) is 0 Å². The first kappa shape index (κ1) is 13.5. The van der Waals surface area contributed by atoms with E-state index in [1.54, 1.807) is 12.1 Å². The van der Waals surface area contributed by atoms with Crippen LogP contribution in [0, 0.1) is 0 Å². The summed E-state index contributed by atoms with van der Waals surface area (Å²) in [5.74, 6) is -1.09. The van der Waals surface area contributed by atoms with E-state index in [9.17, 15) is 13.2 Å². The molecule has 17 heavy (non-hydrogen) atoms. The van der Waals surface area contributed by atoms with Gasteiger partial charge in [-0.15, -0.1) is 0 Å².